The Labute approximate surface area is 183 Å². The zero-order valence-electron chi connectivity index (χ0n) is 17.7. The van der Waals surface area contributed by atoms with Crippen LogP contribution in [0.1, 0.15) is 37.8 Å². The molecule has 1 saturated carbocycles. The molecule has 1 saturated heterocycles. The van der Waals surface area contributed by atoms with E-state index in [0.29, 0.717) is 24.1 Å². The molecule has 2 aromatic heterocycles. The molecule has 0 spiro atoms. The first-order chi connectivity index (χ1) is 15.2. The molecule has 2 unspecified atom stereocenters. The van der Waals surface area contributed by atoms with E-state index in [1.807, 2.05) is 0 Å². The van der Waals surface area contributed by atoms with Crippen molar-refractivity contribution >= 4 is 17.5 Å². The number of nitrogens with one attached hydrogen (secondary N) is 2. The Kier molecular flexibility index (Phi) is 6.09. The molecule has 1 aliphatic carbocycles. The average molecular weight is 448 g/mol. The predicted molar refractivity (Wildman–Crippen MR) is 114 cm³/mol. The Hall–Kier alpha value is -3.08. The molecule has 9 nitrogen and oxygen atoms in total. The molecule has 1 amide bonds. The number of aromatic amines is 1. The number of ether oxygens (including phenoxy) is 1. The van der Waals surface area contributed by atoms with Gasteiger partial charge in [-0.3, -0.25) is 14.5 Å². The van der Waals surface area contributed by atoms with Gasteiger partial charge >= 0.3 is 0 Å². The molecule has 32 heavy (non-hydrogen) atoms. The van der Waals surface area contributed by atoms with Gasteiger partial charge in [0.2, 0.25) is 5.91 Å². The van der Waals surface area contributed by atoms with Crippen molar-refractivity contribution in [1.29, 1.82) is 0 Å². The van der Waals surface area contributed by atoms with Crippen molar-refractivity contribution in [2.75, 3.05) is 30.7 Å². The van der Waals surface area contributed by atoms with E-state index in [-0.39, 0.29) is 30.5 Å². The zero-order valence-corrected chi connectivity index (χ0v) is 17.7. The van der Waals surface area contributed by atoms with Crippen LogP contribution in [0, 0.1) is 5.92 Å². The molecular formula is C21H26F2N6O3. The lowest BCUT2D eigenvalue weighted by Crippen LogP contribution is -2.52. The van der Waals surface area contributed by atoms with E-state index in [4.69, 9.17) is 10.5 Å². The van der Waals surface area contributed by atoms with Crippen LogP contribution >= 0.6 is 0 Å². The number of H-pyrrole nitrogens is 1. The number of carbonyl (C=O) groups is 1. The van der Waals surface area contributed by atoms with Crippen LogP contribution in [0.25, 0.3) is 0 Å². The highest BCUT2D eigenvalue weighted by molar-refractivity contribution is 5.93. The maximum atomic E-state index is 14.6. The summed E-state index contributed by atoms with van der Waals surface area (Å²) in [7, 11) is 0. The Bertz CT molecular complexity index is 1020. The van der Waals surface area contributed by atoms with Crippen molar-refractivity contribution in [2.45, 2.75) is 44.1 Å². The largest absolute Gasteiger partial charge is 0.492 e. The van der Waals surface area contributed by atoms with Crippen LogP contribution in [0.3, 0.4) is 0 Å². The maximum Gasteiger partial charge on any atom is 0.290 e. The SMILES string of the molecule is CC(C(=O)Nc1ccc(OCC2CC2)cn1)N1CCC(F)(F)C(c2c[nH]c(=O)c(N)n2)C1. The summed E-state index contributed by atoms with van der Waals surface area (Å²) < 4.78 is 34.8. The minimum absolute atomic E-state index is 0.00661. The fraction of sp³-hybridized carbons (Fsp3) is 0.524. The lowest BCUT2D eigenvalue weighted by Gasteiger charge is -2.40. The molecule has 2 aromatic rings. The van der Waals surface area contributed by atoms with Crippen LogP contribution in [0.15, 0.2) is 29.3 Å². The number of pyridine rings is 1. The van der Waals surface area contributed by atoms with Gasteiger partial charge in [0.05, 0.1) is 30.5 Å². The molecule has 0 bridgehead atoms. The van der Waals surface area contributed by atoms with Crippen molar-refractivity contribution in [2.24, 2.45) is 5.92 Å². The van der Waals surface area contributed by atoms with Gasteiger partial charge in [-0.2, -0.15) is 0 Å². The highest BCUT2D eigenvalue weighted by Gasteiger charge is 2.47. The number of nitrogens with zero attached hydrogens (tertiary/aromatic N) is 3. The van der Waals surface area contributed by atoms with Gasteiger partial charge in [-0.25, -0.2) is 18.7 Å². The number of aromatic nitrogens is 3. The molecule has 2 aliphatic rings. The minimum atomic E-state index is -3.04. The highest BCUT2D eigenvalue weighted by Crippen LogP contribution is 2.40. The molecule has 2 fully saturated rings. The number of halogens is 2. The van der Waals surface area contributed by atoms with Crippen LogP contribution in [-0.2, 0) is 4.79 Å². The number of nitrogens with two attached hydrogens (primary N) is 1. The van der Waals surface area contributed by atoms with Crippen molar-refractivity contribution in [3.05, 3.63) is 40.6 Å². The van der Waals surface area contributed by atoms with Gasteiger partial charge in [0.1, 0.15) is 11.6 Å². The highest BCUT2D eigenvalue weighted by atomic mass is 19.3. The summed E-state index contributed by atoms with van der Waals surface area (Å²) in [5.41, 5.74) is 4.86. The van der Waals surface area contributed by atoms with E-state index in [2.05, 4.69) is 20.3 Å². The van der Waals surface area contributed by atoms with Crippen molar-refractivity contribution in [1.82, 2.24) is 19.9 Å². The number of rotatable bonds is 7. The molecule has 0 aromatic carbocycles. The number of alkyl halides is 2. The second-order valence-corrected chi connectivity index (χ2v) is 8.40. The Morgan fingerprint density at radius 1 is 1.44 bits per heavy atom. The molecule has 4 N–H and O–H groups in total. The summed E-state index contributed by atoms with van der Waals surface area (Å²) in [5.74, 6) is -3.45. The molecular weight excluding hydrogens is 422 g/mol. The smallest absolute Gasteiger partial charge is 0.290 e. The Morgan fingerprint density at radius 2 is 2.22 bits per heavy atom. The lowest BCUT2D eigenvalue weighted by atomic mass is 9.90. The van der Waals surface area contributed by atoms with Crippen LogP contribution in [0.4, 0.5) is 20.4 Å². The normalized spacial score (nSPS) is 21.7. The van der Waals surface area contributed by atoms with Crippen LogP contribution in [0.5, 0.6) is 5.75 Å². The predicted octanol–water partition coefficient (Wildman–Crippen LogP) is 1.99. The van der Waals surface area contributed by atoms with E-state index in [9.17, 15) is 18.4 Å². The van der Waals surface area contributed by atoms with Gasteiger partial charge in [-0.15, -0.1) is 0 Å². The number of carbonyl (C=O) groups excluding carboxylic acids is 1. The van der Waals surface area contributed by atoms with Crippen LogP contribution in [-0.4, -0.2) is 57.4 Å². The summed E-state index contributed by atoms with van der Waals surface area (Å²) >= 11 is 0. The Balaban J connectivity index is 1.39. The fourth-order valence-electron chi connectivity index (χ4n) is 3.64. The summed E-state index contributed by atoms with van der Waals surface area (Å²) in [4.78, 5) is 36.2. The summed E-state index contributed by atoms with van der Waals surface area (Å²) in [6, 6.07) is 2.70. The van der Waals surface area contributed by atoms with Gasteiger partial charge in [0.25, 0.3) is 11.5 Å². The van der Waals surface area contributed by atoms with Crippen molar-refractivity contribution < 1.29 is 18.3 Å². The van der Waals surface area contributed by atoms with Crippen LogP contribution in [0.2, 0.25) is 0 Å². The fourth-order valence-corrected chi connectivity index (χ4v) is 3.64. The second kappa shape index (κ2) is 8.81. The van der Waals surface area contributed by atoms with Crippen LogP contribution < -0.4 is 21.3 Å². The van der Waals surface area contributed by atoms with E-state index in [1.54, 1.807) is 30.2 Å². The molecule has 11 heteroatoms. The van der Waals surface area contributed by atoms with Gasteiger partial charge in [-0.05, 0) is 37.8 Å². The van der Waals surface area contributed by atoms with E-state index in [0.717, 1.165) is 6.20 Å². The molecule has 0 radical (unpaired) electrons. The number of hydrogen-bond donors (Lipinski definition) is 3. The topological polar surface area (TPSA) is 126 Å². The number of amides is 1. The number of hydrogen-bond acceptors (Lipinski definition) is 7. The van der Waals surface area contributed by atoms with E-state index >= 15 is 0 Å². The van der Waals surface area contributed by atoms with Gasteiger partial charge in [-0.1, -0.05) is 0 Å². The van der Waals surface area contributed by atoms with Crippen molar-refractivity contribution in [3.8, 4) is 5.75 Å². The van der Waals surface area contributed by atoms with Gasteiger partial charge in [0, 0.05) is 25.7 Å². The van der Waals surface area contributed by atoms with E-state index in [1.165, 1.54) is 12.8 Å². The number of anilines is 2. The van der Waals surface area contributed by atoms with Gasteiger partial charge < -0.3 is 20.8 Å². The van der Waals surface area contributed by atoms with Gasteiger partial charge in [0.15, 0.2) is 5.82 Å². The number of likely N-dealkylation sites (tertiary alicyclic amines) is 1. The average Bonchev–Trinajstić information content (AvgIpc) is 3.59. The van der Waals surface area contributed by atoms with E-state index < -0.39 is 29.9 Å². The Morgan fingerprint density at radius 3 is 2.88 bits per heavy atom. The first-order valence-electron chi connectivity index (χ1n) is 10.6. The molecule has 3 heterocycles. The van der Waals surface area contributed by atoms with Crippen molar-refractivity contribution in [3.63, 3.8) is 0 Å². The minimum Gasteiger partial charge on any atom is -0.492 e. The third-order valence-corrected chi connectivity index (χ3v) is 5.95. The standard InChI is InChI=1S/C21H26F2N6O3/c1-12(19(30)28-17-5-4-14(8-25-17)32-11-13-2-3-13)29-7-6-21(22,23)15(10-29)16-9-26-20(31)18(24)27-16/h4-5,8-9,12-13,15H,2-3,6-7,10-11H2,1H3,(H2,24,27)(H,26,31)(H,25,28,30). The monoisotopic (exact) mass is 448 g/mol. The summed E-state index contributed by atoms with van der Waals surface area (Å²) in [6.07, 6.45) is 4.64. The lowest BCUT2D eigenvalue weighted by molar-refractivity contribution is -0.125. The zero-order chi connectivity index (χ0) is 22.9. The summed E-state index contributed by atoms with van der Waals surface area (Å²) in [5, 5.41) is 2.72. The maximum absolute atomic E-state index is 14.6. The molecule has 1 aliphatic heterocycles. The first kappa shape index (κ1) is 22.1. The third kappa shape index (κ3) is 5.04. The first-order valence-corrected chi connectivity index (χ1v) is 10.6. The quantitative estimate of drug-likeness (QED) is 0.591. The summed E-state index contributed by atoms with van der Waals surface area (Å²) in [6.45, 7) is 2.25. The second-order valence-electron chi connectivity index (χ2n) is 8.40. The number of nitrogen functional groups attached to an aromatic ring is 1. The number of piperidine rings is 1. The molecule has 2 atom stereocenters. The molecule has 172 valence electrons. The molecule has 4 rings (SSSR count). The third-order valence-electron chi connectivity index (χ3n) is 5.95.